The number of benzene rings is 2. The van der Waals surface area contributed by atoms with E-state index in [0.717, 1.165) is 60.3 Å². The molecule has 0 radical (unpaired) electrons. The highest BCUT2D eigenvalue weighted by Crippen LogP contribution is 2.45. The Bertz CT molecular complexity index is 894. The van der Waals surface area contributed by atoms with Crippen molar-refractivity contribution in [3.8, 4) is 5.75 Å². The maximum atomic E-state index is 11.5. The van der Waals surface area contributed by atoms with E-state index in [1.165, 1.54) is 12.8 Å². The van der Waals surface area contributed by atoms with Gasteiger partial charge in [-0.2, -0.15) is 5.12 Å². The lowest BCUT2D eigenvalue weighted by Crippen LogP contribution is -2.42. The topological polar surface area (TPSA) is 55.8 Å². The van der Waals surface area contributed by atoms with Gasteiger partial charge in [-0.1, -0.05) is 65.2 Å². The number of carbonyl (C=O) groups is 1. The van der Waals surface area contributed by atoms with Crippen LogP contribution >= 0.6 is 0 Å². The zero-order chi connectivity index (χ0) is 22.4. The van der Waals surface area contributed by atoms with Crippen molar-refractivity contribution in [2.75, 3.05) is 22.1 Å². The molecule has 0 aliphatic carbocycles. The number of phenolic OH excluding ortho intramolecular Hbond substituents is 1. The summed E-state index contributed by atoms with van der Waals surface area (Å²) in [6.45, 7) is 9.61. The van der Waals surface area contributed by atoms with Crippen LogP contribution < -0.4 is 15.6 Å². The molecule has 0 fully saturated rings. The Balaban J connectivity index is 2.05. The number of aromatic hydroxyl groups is 1. The molecule has 1 aliphatic heterocycles. The number of hydrazine groups is 2. The molecular formula is C26H37N3O2. The monoisotopic (exact) mass is 423 g/mol. The molecule has 168 valence electrons. The number of nitrogens with zero attached hydrogens (tertiary/aromatic N) is 2. The Morgan fingerprint density at radius 3 is 2.55 bits per heavy atom. The second kappa shape index (κ2) is 10.1. The predicted molar refractivity (Wildman–Crippen MR) is 130 cm³/mol. The zero-order valence-electron chi connectivity index (χ0n) is 19.4. The first kappa shape index (κ1) is 23.0. The number of anilines is 3. The van der Waals surface area contributed by atoms with Gasteiger partial charge in [0.1, 0.15) is 17.7 Å². The van der Waals surface area contributed by atoms with E-state index in [2.05, 4.69) is 56.3 Å². The Hall–Kier alpha value is -2.69. The van der Waals surface area contributed by atoms with Crippen molar-refractivity contribution in [3.63, 3.8) is 0 Å². The van der Waals surface area contributed by atoms with Crippen LogP contribution in [0.25, 0.3) is 0 Å². The third kappa shape index (κ3) is 4.97. The van der Waals surface area contributed by atoms with Crippen LogP contribution in [-0.4, -0.2) is 17.9 Å². The minimum atomic E-state index is -0.159. The van der Waals surface area contributed by atoms with Gasteiger partial charge in [0.05, 0.1) is 11.4 Å². The molecule has 3 rings (SSSR count). The van der Waals surface area contributed by atoms with E-state index in [1.54, 1.807) is 0 Å². The number of aryl methyl sites for hydroxylation is 1. The van der Waals surface area contributed by atoms with Crippen LogP contribution in [0.15, 0.2) is 36.4 Å². The van der Waals surface area contributed by atoms with Gasteiger partial charge < -0.3 is 9.90 Å². The molecule has 0 atom stereocenters. The SMILES string of the molecule is CCCCCC(C)(C)c1cc(CCC=O)cc(N2Nc3ccccc3N2CCC)c1O. The first-order chi connectivity index (χ1) is 14.9. The molecule has 0 bridgehead atoms. The van der Waals surface area contributed by atoms with Gasteiger partial charge >= 0.3 is 0 Å². The number of aldehydes is 1. The summed E-state index contributed by atoms with van der Waals surface area (Å²) in [5.74, 6) is 0.317. The summed E-state index contributed by atoms with van der Waals surface area (Å²) in [4.78, 5) is 11.0. The molecule has 0 spiro atoms. The maximum Gasteiger partial charge on any atom is 0.146 e. The van der Waals surface area contributed by atoms with E-state index in [0.29, 0.717) is 18.6 Å². The van der Waals surface area contributed by atoms with Crippen molar-refractivity contribution < 1.29 is 9.90 Å². The third-order valence-electron chi connectivity index (χ3n) is 6.15. The van der Waals surface area contributed by atoms with Gasteiger partial charge in [0, 0.05) is 18.5 Å². The average Bonchev–Trinajstić information content (AvgIpc) is 3.11. The van der Waals surface area contributed by atoms with Crippen LogP contribution in [0.3, 0.4) is 0 Å². The van der Waals surface area contributed by atoms with Crippen molar-refractivity contribution in [2.24, 2.45) is 0 Å². The highest BCUT2D eigenvalue weighted by Gasteiger charge is 2.32. The molecule has 5 nitrogen and oxygen atoms in total. The van der Waals surface area contributed by atoms with Crippen molar-refractivity contribution in [1.29, 1.82) is 0 Å². The lowest BCUT2D eigenvalue weighted by Gasteiger charge is -2.34. The van der Waals surface area contributed by atoms with Crippen molar-refractivity contribution >= 4 is 23.3 Å². The van der Waals surface area contributed by atoms with Crippen LogP contribution in [0.4, 0.5) is 17.1 Å². The highest BCUT2D eigenvalue weighted by molar-refractivity contribution is 5.82. The summed E-state index contributed by atoms with van der Waals surface area (Å²) in [7, 11) is 0. The van der Waals surface area contributed by atoms with Crippen LogP contribution in [0.5, 0.6) is 5.75 Å². The first-order valence-electron chi connectivity index (χ1n) is 11.7. The number of para-hydroxylation sites is 2. The van der Waals surface area contributed by atoms with E-state index in [-0.39, 0.29) is 5.41 Å². The molecule has 0 unspecified atom stereocenters. The fraction of sp³-hybridized carbons (Fsp3) is 0.500. The quantitative estimate of drug-likeness (QED) is 0.325. The standard InChI is InChI=1S/C26H37N3O2/c1-5-7-10-15-26(3,4)21-18-20(12-11-17-30)19-24(25(21)31)29-27-22-13-8-9-14-23(22)28(29)16-6-2/h8-9,13-14,17-19,27,31H,5-7,10-12,15-16H2,1-4H3. The van der Waals surface area contributed by atoms with E-state index < -0.39 is 0 Å². The van der Waals surface area contributed by atoms with Crippen molar-refractivity contribution in [3.05, 3.63) is 47.5 Å². The molecular weight excluding hydrogens is 386 g/mol. The summed E-state index contributed by atoms with van der Waals surface area (Å²) in [6.07, 6.45) is 7.60. The summed E-state index contributed by atoms with van der Waals surface area (Å²) < 4.78 is 0. The summed E-state index contributed by atoms with van der Waals surface area (Å²) in [5, 5.41) is 15.6. The number of rotatable bonds is 11. The third-order valence-corrected chi connectivity index (χ3v) is 6.15. The zero-order valence-corrected chi connectivity index (χ0v) is 19.4. The number of hydrogen-bond acceptors (Lipinski definition) is 5. The number of phenols is 1. The number of unbranched alkanes of at least 4 members (excludes halogenated alkanes) is 2. The Morgan fingerprint density at radius 1 is 1.06 bits per heavy atom. The van der Waals surface area contributed by atoms with Gasteiger partial charge in [-0.15, -0.1) is 0 Å². The van der Waals surface area contributed by atoms with Gasteiger partial charge in [0.25, 0.3) is 0 Å². The first-order valence-corrected chi connectivity index (χ1v) is 11.7. The summed E-state index contributed by atoms with van der Waals surface area (Å²) in [6, 6.07) is 12.3. The molecule has 1 aliphatic rings. The molecule has 2 aromatic carbocycles. The fourth-order valence-corrected chi connectivity index (χ4v) is 4.37. The Labute approximate surface area is 187 Å². The number of hydrogen-bond donors (Lipinski definition) is 2. The van der Waals surface area contributed by atoms with Gasteiger partial charge in [0.2, 0.25) is 0 Å². The van der Waals surface area contributed by atoms with E-state index in [4.69, 9.17) is 0 Å². The minimum absolute atomic E-state index is 0.159. The lowest BCUT2D eigenvalue weighted by molar-refractivity contribution is -0.107. The van der Waals surface area contributed by atoms with Gasteiger partial charge in [0.15, 0.2) is 0 Å². The van der Waals surface area contributed by atoms with Crippen molar-refractivity contribution in [1.82, 2.24) is 0 Å². The molecule has 2 N–H and O–H groups in total. The van der Waals surface area contributed by atoms with Crippen LogP contribution in [-0.2, 0) is 16.6 Å². The van der Waals surface area contributed by atoms with Crippen LogP contribution in [0.1, 0.15) is 77.3 Å². The number of fused-ring (bicyclic) bond motifs is 1. The Morgan fingerprint density at radius 2 is 1.84 bits per heavy atom. The second-order valence-electron chi connectivity index (χ2n) is 9.12. The number of nitrogens with one attached hydrogen (secondary N) is 1. The van der Waals surface area contributed by atoms with E-state index in [9.17, 15) is 9.90 Å². The lowest BCUT2D eigenvalue weighted by atomic mass is 9.78. The van der Waals surface area contributed by atoms with Crippen molar-refractivity contribution in [2.45, 2.75) is 78.1 Å². The molecule has 0 amide bonds. The molecule has 1 heterocycles. The smallest absolute Gasteiger partial charge is 0.146 e. The average molecular weight is 424 g/mol. The summed E-state index contributed by atoms with van der Waals surface area (Å²) >= 11 is 0. The highest BCUT2D eigenvalue weighted by atomic mass is 16.3. The van der Waals surface area contributed by atoms with Gasteiger partial charge in [-0.25, -0.2) is 0 Å². The number of carbonyl (C=O) groups excluding carboxylic acids is 1. The molecule has 0 saturated heterocycles. The fourth-order valence-electron chi connectivity index (χ4n) is 4.37. The van der Waals surface area contributed by atoms with E-state index in [1.807, 2.05) is 23.3 Å². The Kier molecular flexibility index (Phi) is 7.47. The normalized spacial score (nSPS) is 13.3. The van der Waals surface area contributed by atoms with E-state index >= 15 is 0 Å². The van der Waals surface area contributed by atoms with Gasteiger partial charge in [-0.3, -0.25) is 10.4 Å². The molecule has 5 heteroatoms. The largest absolute Gasteiger partial charge is 0.505 e. The molecule has 0 aromatic heterocycles. The van der Waals surface area contributed by atoms with Crippen LogP contribution in [0, 0.1) is 0 Å². The minimum Gasteiger partial charge on any atom is -0.505 e. The van der Waals surface area contributed by atoms with Gasteiger partial charge in [-0.05, 0) is 48.4 Å². The second-order valence-corrected chi connectivity index (χ2v) is 9.12. The molecule has 0 saturated carbocycles. The maximum absolute atomic E-state index is 11.5. The summed E-state index contributed by atoms with van der Waals surface area (Å²) in [5.41, 5.74) is 8.21. The predicted octanol–water partition coefficient (Wildman–Crippen LogP) is 6.36. The molecule has 31 heavy (non-hydrogen) atoms. The van der Waals surface area contributed by atoms with Crippen LogP contribution in [0.2, 0.25) is 0 Å². The molecule has 2 aromatic rings.